The first-order valence-electron chi connectivity index (χ1n) is 13.3. The van der Waals surface area contributed by atoms with Crippen molar-refractivity contribution in [3.63, 3.8) is 0 Å². The molecular formula is C33H38N2O4. The van der Waals surface area contributed by atoms with Gasteiger partial charge in [0, 0.05) is 31.0 Å². The van der Waals surface area contributed by atoms with Crippen molar-refractivity contribution in [3.05, 3.63) is 100 Å². The minimum Gasteiger partial charge on any atom is -0.478 e. The number of hydrogen-bond donors (Lipinski definition) is 3. The Kier molecular flexibility index (Phi) is 7.71. The zero-order valence-corrected chi connectivity index (χ0v) is 23.6. The van der Waals surface area contributed by atoms with Gasteiger partial charge in [-0.05, 0) is 88.4 Å². The summed E-state index contributed by atoms with van der Waals surface area (Å²) in [4.78, 5) is 26.5. The van der Waals surface area contributed by atoms with Crippen molar-refractivity contribution in [2.45, 2.75) is 57.5 Å². The predicted molar refractivity (Wildman–Crippen MR) is 158 cm³/mol. The summed E-state index contributed by atoms with van der Waals surface area (Å²) in [6.07, 6.45) is 4.53. The van der Waals surface area contributed by atoms with Gasteiger partial charge >= 0.3 is 5.97 Å². The van der Waals surface area contributed by atoms with Gasteiger partial charge in [0.15, 0.2) is 0 Å². The van der Waals surface area contributed by atoms with Crippen LogP contribution in [0.4, 0.5) is 11.4 Å². The summed E-state index contributed by atoms with van der Waals surface area (Å²) >= 11 is 0. The number of nitrogens with zero attached hydrogens (tertiary/aromatic N) is 1. The van der Waals surface area contributed by atoms with E-state index in [1.807, 2.05) is 49.3 Å². The maximum atomic E-state index is 13.4. The predicted octanol–water partition coefficient (Wildman–Crippen LogP) is 6.80. The number of benzene rings is 3. The zero-order chi connectivity index (χ0) is 28.5. The van der Waals surface area contributed by atoms with Gasteiger partial charge < -0.3 is 20.4 Å². The molecule has 1 aliphatic rings. The average Bonchev–Trinajstić information content (AvgIpc) is 2.89. The molecule has 4 rings (SSSR count). The molecule has 0 spiro atoms. The van der Waals surface area contributed by atoms with Crippen molar-refractivity contribution in [1.29, 1.82) is 0 Å². The first-order chi connectivity index (χ1) is 18.3. The second kappa shape index (κ2) is 10.7. The van der Waals surface area contributed by atoms with Gasteiger partial charge in [-0.15, -0.1) is 0 Å². The molecule has 39 heavy (non-hydrogen) atoms. The van der Waals surface area contributed by atoms with E-state index in [1.165, 1.54) is 12.1 Å². The highest BCUT2D eigenvalue weighted by Gasteiger charge is 2.39. The number of nitrogens with one attached hydrogen (secondary N) is 1. The lowest BCUT2D eigenvalue weighted by Crippen LogP contribution is -2.35. The molecule has 0 bridgehead atoms. The number of aliphatic hydroxyl groups is 1. The summed E-state index contributed by atoms with van der Waals surface area (Å²) in [7, 11) is 3.92. The Hall–Kier alpha value is -3.90. The minimum absolute atomic E-state index is 0.121. The molecule has 0 radical (unpaired) electrons. The van der Waals surface area contributed by atoms with E-state index >= 15 is 0 Å². The number of amides is 1. The van der Waals surface area contributed by atoms with Crippen molar-refractivity contribution in [3.8, 4) is 0 Å². The van der Waals surface area contributed by atoms with E-state index in [4.69, 9.17) is 5.11 Å². The fraction of sp³-hybridized carbons (Fsp3) is 0.333. The van der Waals surface area contributed by atoms with Gasteiger partial charge in [0.1, 0.15) is 0 Å². The molecule has 1 atom stereocenters. The topological polar surface area (TPSA) is 89.9 Å². The molecule has 1 aliphatic carbocycles. The molecule has 6 nitrogen and oxygen atoms in total. The van der Waals surface area contributed by atoms with E-state index in [9.17, 15) is 14.7 Å². The van der Waals surface area contributed by atoms with Crippen molar-refractivity contribution in [2.24, 2.45) is 0 Å². The molecule has 0 fully saturated rings. The molecule has 0 aliphatic heterocycles. The van der Waals surface area contributed by atoms with Crippen LogP contribution in [0.25, 0.3) is 6.08 Å². The number of aromatic carboxylic acids is 1. The molecule has 6 heteroatoms. The third-order valence-corrected chi connectivity index (χ3v) is 7.81. The third kappa shape index (κ3) is 6.07. The van der Waals surface area contributed by atoms with Crippen molar-refractivity contribution in [2.75, 3.05) is 24.3 Å². The fourth-order valence-electron chi connectivity index (χ4n) is 5.24. The van der Waals surface area contributed by atoms with E-state index in [0.717, 1.165) is 40.9 Å². The molecule has 0 heterocycles. The van der Waals surface area contributed by atoms with Crippen LogP contribution in [-0.2, 0) is 10.8 Å². The average molecular weight is 527 g/mol. The molecule has 3 aromatic rings. The highest BCUT2D eigenvalue weighted by Crippen LogP contribution is 2.49. The molecule has 1 amide bonds. The van der Waals surface area contributed by atoms with Gasteiger partial charge in [-0.1, -0.05) is 58.0 Å². The summed E-state index contributed by atoms with van der Waals surface area (Å²) in [5.74, 6) is -1.17. The zero-order valence-electron chi connectivity index (χ0n) is 23.6. The van der Waals surface area contributed by atoms with E-state index < -0.39 is 12.1 Å². The Morgan fingerprint density at radius 1 is 0.897 bits per heavy atom. The molecule has 0 aromatic heterocycles. The van der Waals surface area contributed by atoms with Gasteiger partial charge in [0.25, 0.3) is 5.91 Å². The fourth-order valence-corrected chi connectivity index (χ4v) is 5.24. The van der Waals surface area contributed by atoms with Gasteiger partial charge in [-0.25, -0.2) is 4.79 Å². The number of carboxylic acids is 1. The molecule has 3 aromatic carbocycles. The van der Waals surface area contributed by atoms with E-state index in [1.54, 1.807) is 24.3 Å². The third-order valence-electron chi connectivity index (χ3n) is 7.81. The maximum Gasteiger partial charge on any atom is 0.335 e. The Morgan fingerprint density at radius 3 is 2.08 bits per heavy atom. The number of rotatable bonds is 7. The molecule has 0 saturated heterocycles. The summed E-state index contributed by atoms with van der Waals surface area (Å²) in [6.45, 7) is 8.84. The van der Waals surface area contributed by atoms with Gasteiger partial charge in [0.05, 0.1) is 11.7 Å². The Labute approximate surface area is 231 Å². The Morgan fingerprint density at radius 2 is 1.49 bits per heavy atom. The lowest BCUT2D eigenvalue weighted by Gasteiger charge is -2.43. The van der Waals surface area contributed by atoms with Gasteiger partial charge in [0.2, 0.25) is 0 Å². The number of anilines is 2. The van der Waals surface area contributed by atoms with Crippen LogP contribution in [0.15, 0.2) is 66.7 Å². The number of fused-ring (bicyclic) bond motifs is 1. The van der Waals surface area contributed by atoms with E-state index in [0.29, 0.717) is 11.1 Å². The summed E-state index contributed by atoms with van der Waals surface area (Å²) in [5, 5.41) is 23.5. The molecular weight excluding hydrogens is 488 g/mol. The molecule has 1 unspecified atom stereocenters. The van der Waals surface area contributed by atoms with Crippen LogP contribution in [-0.4, -0.2) is 36.2 Å². The first-order valence-corrected chi connectivity index (χ1v) is 13.3. The van der Waals surface area contributed by atoms with Crippen LogP contribution in [0, 0.1) is 0 Å². The molecule has 204 valence electrons. The standard InChI is InChI=1S/C33H38N2O4/c1-32(2)17-18-33(3,4)29-26(32)19-24(28(36)16-9-21-7-10-23(11-8-21)31(38)39)20-27(29)34-30(37)22-12-14-25(15-13-22)35(5)6/h7-16,19-20,28,36H,17-18H2,1-6H3,(H,34,37)(H,38,39)/b16-9+. The SMILES string of the molecule is CN(C)c1ccc(C(=O)Nc2cc(C(O)/C=C/c3ccc(C(=O)O)cc3)cc3c2C(C)(C)CCC3(C)C)cc1. The second-order valence-corrected chi connectivity index (χ2v) is 11.9. The van der Waals surface area contributed by atoms with E-state index in [-0.39, 0.29) is 22.3 Å². The van der Waals surface area contributed by atoms with Crippen LogP contribution >= 0.6 is 0 Å². The normalized spacial score (nSPS) is 16.4. The summed E-state index contributed by atoms with van der Waals surface area (Å²) in [5.41, 5.74) is 5.97. The maximum absolute atomic E-state index is 13.4. The van der Waals surface area contributed by atoms with Crippen molar-refractivity contribution >= 4 is 29.3 Å². The van der Waals surface area contributed by atoms with Crippen LogP contribution in [0.1, 0.15) is 89.6 Å². The number of hydrogen-bond acceptors (Lipinski definition) is 4. The van der Waals surface area contributed by atoms with Crippen LogP contribution < -0.4 is 10.2 Å². The minimum atomic E-state index is -0.978. The Balaban J connectivity index is 1.71. The lowest BCUT2D eigenvalue weighted by molar-refractivity contribution is 0.0696. The Bertz CT molecular complexity index is 1400. The second-order valence-electron chi connectivity index (χ2n) is 11.9. The highest BCUT2D eigenvalue weighted by atomic mass is 16.4. The summed E-state index contributed by atoms with van der Waals surface area (Å²) in [6, 6.07) is 17.9. The quantitative estimate of drug-likeness (QED) is 0.315. The van der Waals surface area contributed by atoms with Crippen molar-refractivity contribution < 1.29 is 19.8 Å². The largest absolute Gasteiger partial charge is 0.478 e. The number of carboxylic acid groups (broad SMARTS) is 1. The van der Waals surface area contributed by atoms with Crippen LogP contribution in [0.5, 0.6) is 0 Å². The monoisotopic (exact) mass is 526 g/mol. The first kappa shape index (κ1) is 28.1. The summed E-state index contributed by atoms with van der Waals surface area (Å²) < 4.78 is 0. The van der Waals surface area contributed by atoms with Gasteiger partial charge in [-0.3, -0.25) is 4.79 Å². The van der Waals surface area contributed by atoms with Crippen LogP contribution in [0.3, 0.4) is 0 Å². The molecule has 0 saturated carbocycles. The van der Waals surface area contributed by atoms with Gasteiger partial charge in [-0.2, -0.15) is 0 Å². The van der Waals surface area contributed by atoms with E-state index in [2.05, 4.69) is 39.1 Å². The van der Waals surface area contributed by atoms with Crippen molar-refractivity contribution in [1.82, 2.24) is 0 Å². The molecule has 3 N–H and O–H groups in total. The lowest BCUT2D eigenvalue weighted by atomic mass is 9.62. The van der Waals surface area contributed by atoms with Crippen LogP contribution in [0.2, 0.25) is 0 Å². The number of carbonyl (C=O) groups excluding carboxylic acids is 1. The number of carbonyl (C=O) groups is 2. The number of aliphatic hydroxyl groups excluding tert-OH is 1. The highest BCUT2D eigenvalue weighted by molar-refractivity contribution is 6.05. The smallest absolute Gasteiger partial charge is 0.335 e.